The molecule has 1 aliphatic rings. The average Bonchev–Trinajstić information content (AvgIpc) is 3.28. The van der Waals surface area contributed by atoms with E-state index in [2.05, 4.69) is 15.8 Å². The van der Waals surface area contributed by atoms with Gasteiger partial charge in [0.2, 0.25) is 5.91 Å². The first-order valence-electron chi connectivity index (χ1n) is 10.6. The molecular weight excluding hydrogens is 522 g/mol. The molecular formula is C25H19Cl3F3N3O. The fourth-order valence-corrected chi connectivity index (χ4v) is 4.46. The van der Waals surface area contributed by atoms with Crippen molar-refractivity contribution in [3.05, 3.63) is 104 Å². The van der Waals surface area contributed by atoms with Crippen LogP contribution >= 0.6 is 34.8 Å². The zero-order valence-corrected chi connectivity index (χ0v) is 20.3. The van der Waals surface area contributed by atoms with Gasteiger partial charge in [-0.05, 0) is 53.1 Å². The van der Waals surface area contributed by atoms with Crippen LogP contribution in [0.2, 0.25) is 15.1 Å². The summed E-state index contributed by atoms with van der Waals surface area (Å²) in [4.78, 5) is 12.9. The number of alkyl halides is 3. The molecule has 0 bridgehead atoms. The fraction of sp³-hybridized carbons (Fsp3) is 0.200. The molecule has 0 aromatic heterocycles. The average molecular weight is 541 g/mol. The number of carbonyl (C=O) groups excluding carboxylic acids is 1. The predicted octanol–water partition coefficient (Wildman–Crippen LogP) is 7.16. The van der Waals surface area contributed by atoms with E-state index in [1.807, 2.05) is 12.1 Å². The van der Waals surface area contributed by atoms with Crippen molar-refractivity contribution in [2.75, 3.05) is 0 Å². The van der Waals surface area contributed by atoms with Crippen LogP contribution in [0.1, 0.15) is 40.8 Å². The van der Waals surface area contributed by atoms with Crippen molar-refractivity contribution < 1.29 is 18.0 Å². The lowest BCUT2D eigenvalue weighted by Gasteiger charge is -2.21. The normalized spacial score (nSPS) is 16.4. The standard InChI is InChI=1S/C25H19Cl3F3N3O/c26-17-7-3-15(4-8-17)21-13-22(34-33-21)24(19-10-9-18(27)12-20(19)28)32-23(35)11-14-1-5-16(6-2-14)25(29,30)31/h1-10,12,21,24,33H,11,13H2,(H,32,35). The molecule has 3 aromatic carbocycles. The van der Waals surface area contributed by atoms with Gasteiger partial charge in [0.1, 0.15) is 0 Å². The topological polar surface area (TPSA) is 53.5 Å². The number of hydrogen-bond acceptors (Lipinski definition) is 3. The number of hydrazone groups is 1. The van der Waals surface area contributed by atoms with Gasteiger partial charge in [-0.2, -0.15) is 18.3 Å². The number of nitrogens with one attached hydrogen (secondary N) is 2. The molecule has 10 heteroatoms. The molecule has 0 radical (unpaired) electrons. The Hall–Kier alpha value is -2.74. The third kappa shape index (κ3) is 6.28. The van der Waals surface area contributed by atoms with Gasteiger partial charge >= 0.3 is 6.18 Å². The molecule has 2 N–H and O–H groups in total. The number of rotatable bonds is 6. The molecule has 0 fully saturated rings. The summed E-state index contributed by atoms with van der Waals surface area (Å²) in [5.74, 6) is -0.390. The van der Waals surface area contributed by atoms with Crippen molar-refractivity contribution in [1.29, 1.82) is 0 Å². The van der Waals surface area contributed by atoms with Crippen LogP contribution in [-0.4, -0.2) is 11.6 Å². The van der Waals surface area contributed by atoms with E-state index < -0.39 is 23.7 Å². The van der Waals surface area contributed by atoms with Crippen LogP contribution in [0.15, 0.2) is 71.8 Å². The molecule has 1 heterocycles. The summed E-state index contributed by atoms with van der Waals surface area (Å²) in [7, 11) is 0. The maximum Gasteiger partial charge on any atom is 0.416 e. The third-order valence-corrected chi connectivity index (χ3v) is 6.42. The first-order chi connectivity index (χ1) is 16.6. The predicted molar refractivity (Wildman–Crippen MR) is 132 cm³/mol. The van der Waals surface area contributed by atoms with Crippen LogP contribution < -0.4 is 10.7 Å². The SMILES string of the molecule is O=C(Cc1ccc(C(F)(F)F)cc1)NC(C1=NNC(c2ccc(Cl)cc2)C1)c1ccc(Cl)cc1Cl. The van der Waals surface area contributed by atoms with Crippen LogP contribution in [0.4, 0.5) is 13.2 Å². The van der Waals surface area contributed by atoms with Gasteiger partial charge in [0, 0.05) is 21.5 Å². The Labute approximate surface area is 215 Å². The highest BCUT2D eigenvalue weighted by molar-refractivity contribution is 6.35. The molecule has 35 heavy (non-hydrogen) atoms. The minimum atomic E-state index is -4.44. The Bertz CT molecular complexity index is 1250. The third-order valence-electron chi connectivity index (χ3n) is 5.61. The lowest BCUT2D eigenvalue weighted by Crippen LogP contribution is -2.34. The molecule has 3 aromatic rings. The molecule has 4 nitrogen and oxygen atoms in total. The lowest BCUT2D eigenvalue weighted by atomic mass is 9.95. The van der Waals surface area contributed by atoms with Gasteiger partial charge in [0.15, 0.2) is 0 Å². The molecule has 0 saturated heterocycles. The molecule has 182 valence electrons. The largest absolute Gasteiger partial charge is 0.416 e. The Balaban J connectivity index is 1.53. The Morgan fingerprint density at radius 3 is 2.29 bits per heavy atom. The number of benzene rings is 3. The summed E-state index contributed by atoms with van der Waals surface area (Å²) < 4.78 is 38.5. The number of carbonyl (C=O) groups is 1. The molecule has 0 aliphatic carbocycles. The van der Waals surface area contributed by atoms with Crippen LogP contribution in [0.25, 0.3) is 0 Å². The summed E-state index contributed by atoms with van der Waals surface area (Å²) in [6.07, 6.45) is -4.06. The van der Waals surface area contributed by atoms with Crippen molar-refractivity contribution in [2.45, 2.75) is 31.1 Å². The van der Waals surface area contributed by atoms with E-state index in [1.54, 1.807) is 30.3 Å². The number of nitrogens with zero attached hydrogens (tertiary/aromatic N) is 1. The summed E-state index contributed by atoms with van der Waals surface area (Å²) >= 11 is 18.5. The van der Waals surface area contributed by atoms with Gasteiger partial charge in [-0.15, -0.1) is 0 Å². The smallest absolute Gasteiger partial charge is 0.344 e. The lowest BCUT2D eigenvalue weighted by molar-refractivity contribution is -0.137. The molecule has 4 rings (SSSR count). The molecule has 0 saturated carbocycles. The van der Waals surface area contributed by atoms with Gasteiger partial charge in [0.05, 0.1) is 29.8 Å². The molecule has 2 atom stereocenters. The maximum atomic E-state index is 12.9. The highest BCUT2D eigenvalue weighted by Crippen LogP contribution is 2.33. The Morgan fingerprint density at radius 2 is 1.66 bits per heavy atom. The highest BCUT2D eigenvalue weighted by Gasteiger charge is 2.31. The van der Waals surface area contributed by atoms with Crippen LogP contribution in [0, 0.1) is 0 Å². The van der Waals surface area contributed by atoms with Crippen molar-refractivity contribution in [3.8, 4) is 0 Å². The highest BCUT2D eigenvalue weighted by atomic mass is 35.5. The van der Waals surface area contributed by atoms with Crippen LogP contribution in [0.3, 0.4) is 0 Å². The molecule has 1 amide bonds. The van der Waals surface area contributed by atoms with Gasteiger partial charge in [-0.3, -0.25) is 4.79 Å². The number of hydrogen-bond donors (Lipinski definition) is 2. The summed E-state index contributed by atoms with van der Waals surface area (Å²) in [6.45, 7) is 0. The van der Waals surface area contributed by atoms with E-state index in [9.17, 15) is 18.0 Å². The molecule has 1 aliphatic heterocycles. The number of halogens is 6. The second-order valence-corrected chi connectivity index (χ2v) is 9.36. The monoisotopic (exact) mass is 539 g/mol. The van der Waals surface area contributed by atoms with Gasteiger partial charge < -0.3 is 10.7 Å². The van der Waals surface area contributed by atoms with Gasteiger partial charge in [-0.1, -0.05) is 65.1 Å². The van der Waals surface area contributed by atoms with E-state index in [0.29, 0.717) is 38.3 Å². The Kier molecular flexibility index (Phi) is 7.59. The Morgan fingerprint density at radius 1 is 1.00 bits per heavy atom. The van der Waals surface area contributed by atoms with E-state index in [4.69, 9.17) is 34.8 Å². The first-order valence-corrected chi connectivity index (χ1v) is 11.7. The number of amides is 1. The van der Waals surface area contributed by atoms with E-state index in [0.717, 1.165) is 17.7 Å². The zero-order valence-electron chi connectivity index (χ0n) is 18.0. The van der Waals surface area contributed by atoms with Gasteiger partial charge in [-0.25, -0.2) is 0 Å². The minimum absolute atomic E-state index is 0.110. The van der Waals surface area contributed by atoms with Gasteiger partial charge in [0.25, 0.3) is 0 Å². The second-order valence-electron chi connectivity index (χ2n) is 8.08. The minimum Gasteiger partial charge on any atom is -0.344 e. The summed E-state index contributed by atoms with van der Waals surface area (Å²) in [5.41, 5.74) is 4.99. The van der Waals surface area contributed by atoms with Crippen LogP contribution in [0.5, 0.6) is 0 Å². The molecule has 0 spiro atoms. The van der Waals surface area contributed by atoms with Crippen molar-refractivity contribution in [1.82, 2.24) is 10.7 Å². The van der Waals surface area contributed by atoms with Crippen molar-refractivity contribution >= 4 is 46.4 Å². The maximum absolute atomic E-state index is 12.9. The van der Waals surface area contributed by atoms with Crippen molar-refractivity contribution in [3.63, 3.8) is 0 Å². The van der Waals surface area contributed by atoms with E-state index in [-0.39, 0.29) is 12.5 Å². The summed E-state index contributed by atoms with van der Waals surface area (Å²) in [5, 5.41) is 8.81. The quantitative estimate of drug-likeness (QED) is 0.349. The van der Waals surface area contributed by atoms with Crippen molar-refractivity contribution in [2.24, 2.45) is 5.10 Å². The fourth-order valence-electron chi connectivity index (χ4n) is 3.82. The van der Waals surface area contributed by atoms with E-state index >= 15 is 0 Å². The van der Waals surface area contributed by atoms with Crippen LogP contribution in [-0.2, 0) is 17.4 Å². The molecule has 2 unspecified atom stereocenters. The zero-order chi connectivity index (χ0) is 25.2. The first kappa shape index (κ1) is 25.4. The summed E-state index contributed by atoms with van der Waals surface area (Å²) in [6, 6.07) is 16.0. The van der Waals surface area contributed by atoms with E-state index in [1.165, 1.54) is 12.1 Å². The second kappa shape index (κ2) is 10.5.